The zero-order valence-electron chi connectivity index (χ0n) is 11.2. The fourth-order valence-corrected chi connectivity index (χ4v) is 1.78. The average Bonchev–Trinajstić information content (AvgIpc) is 2.86. The first-order valence-corrected chi connectivity index (χ1v) is 5.99. The SMILES string of the molecule is CN(C)C(=O)Cn1cc(-c2cccc(F)c2C=O)cn1. The topological polar surface area (TPSA) is 55.2 Å². The fraction of sp³-hybridized carbons (Fsp3) is 0.214. The summed E-state index contributed by atoms with van der Waals surface area (Å²) < 4.78 is 15.0. The maximum atomic E-state index is 13.5. The van der Waals surface area contributed by atoms with Crippen LogP contribution < -0.4 is 0 Å². The summed E-state index contributed by atoms with van der Waals surface area (Å²) in [6.07, 6.45) is 3.60. The summed E-state index contributed by atoms with van der Waals surface area (Å²) >= 11 is 0. The van der Waals surface area contributed by atoms with E-state index in [2.05, 4.69) is 5.10 Å². The van der Waals surface area contributed by atoms with E-state index in [4.69, 9.17) is 0 Å². The number of benzene rings is 1. The van der Waals surface area contributed by atoms with Crippen molar-refractivity contribution < 1.29 is 14.0 Å². The number of carbonyl (C=O) groups excluding carboxylic acids is 2. The minimum atomic E-state index is -0.574. The Hall–Kier alpha value is -2.50. The largest absolute Gasteiger partial charge is 0.347 e. The molecule has 0 atom stereocenters. The fourth-order valence-electron chi connectivity index (χ4n) is 1.78. The van der Waals surface area contributed by atoms with Gasteiger partial charge in [0.2, 0.25) is 5.91 Å². The third-order valence-corrected chi connectivity index (χ3v) is 2.91. The van der Waals surface area contributed by atoms with Crippen LogP contribution in [0.5, 0.6) is 0 Å². The number of aldehydes is 1. The maximum Gasteiger partial charge on any atom is 0.243 e. The first-order valence-electron chi connectivity index (χ1n) is 5.99. The van der Waals surface area contributed by atoms with Crippen molar-refractivity contribution in [1.82, 2.24) is 14.7 Å². The van der Waals surface area contributed by atoms with E-state index in [1.807, 2.05) is 0 Å². The molecule has 1 amide bonds. The highest BCUT2D eigenvalue weighted by Crippen LogP contribution is 2.24. The van der Waals surface area contributed by atoms with E-state index < -0.39 is 5.82 Å². The Kier molecular flexibility index (Phi) is 3.93. The van der Waals surface area contributed by atoms with Crippen LogP contribution in [0.15, 0.2) is 30.6 Å². The smallest absolute Gasteiger partial charge is 0.243 e. The molecular formula is C14H14FN3O2. The van der Waals surface area contributed by atoms with Crippen LogP contribution in [-0.2, 0) is 11.3 Å². The van der Waals surface area contributed by atoms with Crippen LogP contribution in [0.1, 0.15) is 10.4 Å². The van der Waals surface area contributed by atoms with Crippen LogP contribution in [0.3, 0.4) is 0 Å². The minimum absolute atomic E-state index is 0.00835. The average molecular weight is 275 g/mol. The van der Waals surface area contributed by atoms with Gasteiger partial charge in [-0.05, 0) is 11.6 Å². The molecule has 0 fully saturated rings. The van der Waals surface area contributed by atoms with E-state index in [1.165, 1.54) is 27.9 Å². The molecule has 0 unspecified atom stereocenters. The molecule has 0 bridgehead atoms. The molecule has 0 aliphatic rings. The lowest BCUT2D eigenvalue weighted by Gasteiger charge is -2.09. The number of hydrogen-bond acceptors (Lipinski definition) is 3. The number of hydrogen-bond donors (Lipinski definition) is 0. The number of amides is 1. The van der Waals surface area contributed by atoms with Gasteiger partial charge in [-0.1, -0.05) is 12.1 Å². The van der Waals surface area contributed by atoms with Gasteiger partial charge in [0.1, 0.15) is 12.4 Å². The van der Waals surface area contributed by atoms with Gasteiger partial charge in [0.05, 0.1) is 11.8 Å². The lowest BCUT2D eigenvalue weighted by molar-refractivity contribution is -0.129. The van der Waals surface area contributed by atoms with Gasteiger partial charge in [0.25, 0.3) is 0 Å². The Balaban J connectivity index is 2.32. The predicted molar refractivity (Wildman–Crippen MR) is 71.7 cm³/mol. The first-order chi connectivity index (χ1) is 9.52. The van der Waals surface area contributed by atoms with Gasteiger partial charge in [0.15, 0.2) is 6.29 Å². The standard InChI is InChI=1S/C14H14FN3O2/c1-17(2)14(20)8-18-7-10(6-16-18)11-4-3-5-13(15)12(11)9-19/h3-7,9H,8H2,1-2H3. The summed E-state index contributed by atoms with van der Waals surface area (Å²) in [5.74, 6) is -0.677. The van der Waals surface area contributed by atoms with Gasteiger partial charge in [-0.15, -0.1) is 0 Å². The van der Waals surface area contributed by atoms with Crippen molar-refractivity contribution in [2.24, 2.45) is 0 Å². The van der Waals surface area contributed by atoms with Crippen molar-refractivity contribution in [2.75, 3.05) is 14.1 Å². The molecule has 0 saturated carbocycles. The number of halogens is 1. The molecule has 1 aromatic heterocycles. The van der Waals surface area contributed by atoms with Crippen molar-refractivity contribution in [3.05, 3.63) is 42.0 Å². The van der Waals surface area contributed by atoms with Gasteiger partial charge in [-0.3, -0.25) is 14.3 Å². The Morgan fingerprint density at radius 3 is 2.85 bits per heavy atom. The molecular weight excluding hydrogens is 261 g/mol. The molecule has 2 rings (SSSR count). The van der Waals surface area contributed by atoms with Gasteiger partial charge >= 0.3 is 0 Å². The quantitative estimate of drug-likeness (QED) is 0.796. The van der Waals surface area contributed by atoms with E-state index in [0.29, 0.717) is 17.4 Å². The lowest BCUT2D eigenvalue weighted by atomic mass is 10.0. The molecule has 0 radical (unpaired) electrons. The van der Waals surface area contributed by atoms with E-state index >= 15 is 0 Å². The van der Waals surface area contributed by atoms with Crippen molar-refractivity contribution >= 4 is 12.2 Å². The molecule has 0 N–H and O–H groups in total. The predicted octanol–water partition coefficient (Wildman–Crippen LogP) is 1.59. The number of nitrogens with zero attached hydrogens (tertiary/aromatic N) is 3. The molecule has 1 heterocycles. The molecule has 2 aromatic rings. The zero-order chi connectivity index (χ0) is 14.7. The second kappa shape index (κ2) is 5.64. The third-order valence-electron chi connectivity index (χ3n) is 2.91. The Labute approximate surface area is 115 Å². The molecule has 0 aliphatic heterocycles. The highest BCUT2D eigenvalue weighted by molar-refractivity contribution is 5.87. The van der Waals surface area contributed by atoms with E-state index in [-0.39, 0.29) is 18.0 Å². The zero-order valence-corrected chi connectivity index (χ0v) is 11.2. The van der Waals surface area contributed by atoms with E-state index in [1.54, 1.807) is 26.4 Å². The second-order valence-electron chi connectivity index (χ2n) is 4.53. The normalized spacial score (nSPS) is 10.3. The Morgan fingerprint density at radius 1 is 1.45 bits per heavy atom. The van der Waals surface area contributed by atoms with Crippen LogP contribution in [0.25, 0.3) is 11.1 Å². The van der Waals surface area contributed by atoms with Crippen LogP contribution in [0.2, 0.25) is 0 Å². The summed E-state index contributed by atoms with van der Waals surface area (Å²) in [6.45, 7) is 0.0960. The summed E-state index contributed by atoms with van der Waals surface area (Å²) in [6, 6.07) is 4.40. The van der Waals surface area contributed by atoms with Gasteiger partial charge in [0, 0.05) is 25.9 Å². The van der Waals surface area contributed by atoms with Crippen molar-refractivity contribution in [2.45, 2.75) is 6.54 Å². The van der Waals surface area contributed by atoms with Crippen LogP contribution >= 0.6 is 0 Å². The minimum Gasteiger partial charge on any atom is -0.347 e. The number of carbonyl (C=O) groups is 2. The van der Waals surface area contributed by atoms with Gasteiger partial charge < -0.3 is 4.90 Å². The molecule has 0 saturated heterocycles. The molecule has 104 valence electrons. The highest BCUT2D eigenvalue weighted by atomic mass is 19.1. The maximum absolute atomic E-state index is 13.5. The molecule has 20 heavy (non-hydrogen) atoms. The molecule has 5 nitrogen and oxygen atoms in total. The Bertz CT molecular complexity index is 650. The Morgan fingerprint density at radius 2 is 2.20 bits per heavy atom. The van der Waals surface area contributed by atoms with Crippen molar-refractivity contribution in [1.29, 1.82) is 0 Å². The number of likely N-dealkylation sites (N-methyl/N-ethyl adjacent to an activating group) is 1. The summed E-state index contributed by atoms with van der Waals surface area (Å²) in [5, 5.41) is 4.05. The first kappa shape index (κ1) is 13.9. The summed E-state index contributed by atoms with van der Waals surface area (Å²) in [7, 11) is 3.31. The second-order valence-corrected chi connectivity index (χ2v) is 4.53. The molecule has 0 spiro atoms. The van der Waals surface area contributed by atoms with Crippen LogP contribution in [-0.4, -0.2) is 41.0 Å². The van der Waals surface area contributed by atoms with E-state index in [0.717, 1.165) is 0 Å². The van der Waals surface area contributed by atoms with Crippen molar-refractivity contribution in [3.8, 4) is 11.1 Å². The van der Waals surface area contributed by atoms with Gasteiger partial charge in [-0.2, -0.15) is 5.10 Å². The lowest BCUT2D eigenvalue weighted by Crippen LogP contribution is -2.26. The number of rotatable bonds is 4. The molecule has 6 heteroatoms. The van der Waals surface area contributed by atoms with Crippen molar-refractivity contribution in [3.63, 3.8) is 0 Å². The summed E-state index contributed by atoms with van der Waals surface area (Å²) in [4.78, 5) is 24.0. The monoisotopic (exact) mass is 275 g/mol. The number of aromatic nitrogens is 2. The van der Waals surface area contributed by atoms with Gasteiger partial charge in [-0.25, -0.2) is 4.39 Å². The molecule has 1 aromatic carbocycles. The molecule has 0 aliphatic carbocycles. The van der Waals surface area contributed by atoms with E-state index in [9.17, 15) is 14.0 Å². The van der Waals surface area contributed by atoms with Crippen LogP contribution in [0, 0.1) is 5.82 Å². The highest BCUT2D eigenvalue weighted by Gasteiger charge is 2.12. The van der Waals surface area contributed by atoms with Crippen LogP contribution in [0.4, 0.5) is 4.39 Å². The summed E-state index contributed by atoms with van der Waals surface area (Å²) in [5.41, 5.74) is 1.05. The third kappa shape index (κ3) is 2.74.